The highest BCUT2D eigenvalue weighted by Gasteiger charge is 2.54. The molecule has 0 unspecified atom stereocenters. The first-order valence-corrected chi connectivity index (χ1v) is 6.55. The normalized spacial score (nSPS) is 26.9. The van der Waals surface area contributed by atoms with E-state index in [2.05, 4.69) is 13.8 Å². The van der Waals surface area contributed by atoms with Gasteiger partial charge >= 0.3 is 5.97 Å². The average Bonchev–Trinajstić information content (AvgIpc) is 2.24. The van der Waals surface area contributed by atoms with Crippen molar-refractivity contribution in [2.45, 2.75) is 52.2 Å². The Morgan fingerprint density at radius 1 is 1.41 bits per heavy atom. The number of carbonyl (C=O) groups is 1. The Kier molecular flexibility index (Phi) is 4.95. The van der Waals surface area contributed by atoms with Gasteiger partial charge in [-0.1, -0.05) is 13.8 Å². The number of carboxylic acids is 1. The summed E-state index contributed by atoms with van der Waals surface area (Å²) in [6.45, 7) is 7.23. The molecule has 2 atom stereocenters. The first kappa shape index (κ1) is 14.5. The van der Waals surface area contributed by atoms with Crippen LogP contribution in [0.25, 0.3) is 0 Å². The van der Waals surface area contributed by atoms with Crippen LogP contribution >= 0.6 is 0 Å². The zero-order chi connectivity index (χ0) is 13.1. The lowest BCUT2D eigenvalue weighted by atomic mass is 9.58. The van der Waals surface area contributed by atoms with Gasteiger partial charge in [0.15, 0.2) is 0 Å². The Hall–Kier alpha value is -0.610. The smallest absolute Gasteiger partial charge is 0.317 e. The van der Waals surface area contributed by atoms with Crippen molar-refractivity contribution in [2.24, 2.45) is 5.41 Å². The minimum atomic E-state index is -0.756. The molecule has 0 heterocycles. The maximum atomic E-state index is 10.8. The van der Waals surface area contributed by atoms with Gasteiger partial charge in [0.1, 0.15) is 0 Å². The van der Waals surface area contributed by atoms with Crippen LogP contribution < -0.4 is 0 Å². The standard InChI is InChI=1S/C13H25NO3/c1-5-13(6-2)10(8-11(13)17-7-3)14(4)9-12(15)16/h10-11H,5-9H2,1-4H3,(H,15,16)/t10-,11-/m0/s1. The van der Waals surface area contributed by atoms with E-state index in [4.69, 9.17) is 9.84 Å². The SMILES string of the molecule is CCO[C@H]1C[C@H](N(C)CC(=O)O)C1(CC)CC. The summed E-state index contributed by atoms with van der Waals surface area (Å²) in [5.74, 6) is -0.756. The van der Waals surface area contributed by atoms with Gasteiger partial charge in [-0.3, -0.25) is 9.69 Å². The van der Waals surface area contributed by atoms with Gasteiger partial charge in [0.25, 0.3) is 0 Å². The monoisotopic (exact) mass is 243 g/mol. The van der Waals surface area contributed by atoms with Crippen LogP contribution in [-0.4, -0.2) is 48.3 Å². The molecule has 4 heteroatoms. The van der Waals surface area contributed by atoms with E-state index in [0.29, 0.717) is 12.1 Å². The molecular weight excluding hydrogens is 218 g/mol. The molecule has 0 aromatic carbocycles. The Labute approximate surface area is 104 Å². The molecule has 1 rings (SSSR count). The van der Waals surface area contributed by atoms with Gasteiger partial charge in [-0.05, 0) is 33.2 Å². The molecule has 1 aliphatic carbocycles. The maximum Gasteiger partial charge on any atom is 0.317 e. The summed E-state index contributed by atoms with van der Waals surface area (Å²) < 4.78 is 5.79. The van der Waals surface area contributed by atoms with Crippen molar-refractivity contribution in [2.75, 3.05) is 20.2 Å². The number of aliphatic carboxylic acids is 1. The van der Waals surface area contributed by atoms with Crippen LogP contribution in [0.5, 0.6) is 0 Å². The van der Waals surface area contributed by atoms with E-state index >= 15 is 0 Å². The van der Waals surface area contributed by atoms with Crippen LogP contribution in [0.15, 0.2) is 0 Å². The van der Waals surface area contributed by atoms with E-state index in [1.807, 2.05) is 18.9 Å². The first-order chi connectivity index (χ1) is 8.01. The van der Waals surface area contributed by atoms with Gasteiger partial charge in [-0.2, -0.15) is 0 Å². The minimum Gasteiger partial charge on any atom is -0.480 e. The third-order valence-corrected chi connectivity index (χ3v) is 4.34. The highest BCUT2D eigenvalue weighted by Crippen LogP contribution is 2.50. The predicted octanol–water partition coefficient (Wildman–Crippen LogP) is 1.99. The van der Waals surface area contributed by atoms with Crippen LogP contribution in [-0.2, 0) is 9.53 Å². The van der Waals surface area contributed by atoms with Gasteiger partial charge in [-0.15, -0.1) is 0 Å². The Bertz CT molecular complexity index is 263. The molecular formula is C13H25NO3. The summed E-state index contributed by atoms with van der Waals surface area (Å²) in [5, 5.41) is 8.86. The molecule has 1 saturated carbocycles. The molecule has 0 amide bonds. The quantitative estimate of drug-likeness (QED) is 0.743. The van der Waals surface area contributed by atoms with E-state index in [1.165, 1.54) is 0 Å². The molecule has 4 nitrogen and oxygen atoms in total. The molecule has 1 N–H and O–H groups in total. The summed E-state index contributed by atoms with van der Waals surface area (Å²) in [7, 11) is 1.90. The van der Waals surface area contributed by atoms with Gasteiger partial charge < -0.3 is 9.84 Å². The largest absolute Gasteiger partial charge is 0.480 e. The number of rotatable bonds is 7. The minimum absolute atomic E-state index is 0.116. The summed E-state index contributed by atoms with van der Waals surface area (Å²) in [6.07, 6.45) is 3.34. The van der Waals surface area contributed by atoms with Crippen LogP contribution in [0, 0.1) is 5.41 Å². The Morgan fingerprint density at radius 3 is 2.41 bits per heavy atom. The second kappa shape index (κ2) is 5.83. The number of likely N-dealkylation sites (N-methyl/N-ethyl adjacent to an activating group) is 1. The second-order valence-electron chi connectivity index (χ2n) is 4.94. The van der Waals surface area contributed by atoms with Crippen molar-refractivity contribution in [1.82, 2.24) is 4.90 Å². The van der Waals surface area contributed by atoms with Crippen LogP contribution in [0.3, 0.4) is 0 Å². The third kappa shape index (κ3) is 2.63. The summed E-state index contributed by atoms with van der Waals surface area (Å²) in [5.41, 5.74) is 0.139. The van der Waals surface area contributed by atoms with E-state index in [0.717, 1.165) is 25.9 Å². The lowest BCUT2D eigenvalue weighted by Gasteiger charge is -2.58. The number of ether oxygens (including phenoxy) is 1. The van der Waals surface area contributed by atoms with Gasteiger partial charge in [0.2, 0.25) is 0 Å². The highest BCUT2D eigenvalue weighted by atomic mass is 16.5. The third-order valence-electron chi connectivity index (χ3n) is 4.34. The molecule has 0 radical (unpaired) electrons. The van der Waals surface area contributed by atoms with Crippen molar-refractivity contribution >= 4 is 5.97 Å². The fourth-order valence-corrected chi connectivity index (χ4v) is 3.28. The van der Waals surface area contributed by atoms with Crippen molar-refractivity contribution in [3.05, 3.63) is 0 Å². The summed E-state index contributed by atoms with van der Waals surface area (Å²) >= 11 is 0. The second-order valence-corrected chi connectivity index (χ2v) is 4.94. The highest BCUT2D eigenvalue weighted by molar-refractivity contribution is 5.69. The molecule has 17 heavy (non-hydrogen) atoms. The number of nitrogens with zero attached hydrogens (tertiary/aromatic N) is 1. The molecule has 0 saturated heterocycles. The topological polar surface area (TPSA) is 49.8 Å². The maximum absolute atomic E-state index is 10.8. The van der Waals surface area contributed by atoms with Crippen molar-refractivity contribution in [3.63, 3.8) is 0 Å². The van der Waals surface area contributed by atoms with Gasteiger partial charge in [0, 0.05) is 18.1 Å². The Balaban J connectivity index is 2.71. The lowest BCUT2D eigenvalue weighted by molar-refractivity contribution is -0.172. The summed E-state index contributed by atoms with van der Waals surface area (Å²) in [4.78, 5) is 12.7. The van der Waals surface area contributed by atoms with E-state index in [9.17, 15) is 4.79 Å². The first-order valence-electron chi connectivity index (χ1n) is 6.55. The molecule has 1 fully saturated rings. The van der Waals surface area contributed by atoms with Crippen molar-refractivity contribution < 1.29 is 14.6 Å². The average molecular weight is 243 g/mol. The van der Waals surface area contributed by atoms with Gasteiger partial charge in [0.05, 0.1) is 12.6 Å². The molecule has 1 aliphatic rings. The predicted molar refractivity (Wildman–Crippen MR) is 67.1 cm³/mol. The molecule has 0 spiro atoms. The zero-order valence-electron chi connectivity index (χ0n) is 11.4. The van der Waals surface area contributed by atoms with Gasteiger partial charge in [-0.25, -0.2) is 0 Å². The van der Waals surface area contributed by atoms with E-state index in [-0.39, 0.29) is 12.0 Å². The molecule has 0 bridgehead atoms. The molecule has 100 valence electrons. The summed E-state index contributed by atoms with van der Waals surface area (Å²) in [6, 6.07) is 0.338. The Morgan fingerprint density at radius 2 is 2.00 bits per heavy atom. The van der Waals surface area contributed by atoms with Crippen molar-refractivity contribution in [3.8, 4) is 0 Å². The number of hydrogen-bond acceptors (Lipinski definition) is 3. The molecule has 0 aliphatic heterocycles. The molecule has 0 aromatic heterocycles. The van der Waals surface area contributed by atoms with E-state index < -0.39 is 5.97 Å². The number of carboxylic acid groups (broad SMARTS) is 1. The van der Waals surface area contributed by atoms with Crippen LogP contribution in [0.1, 0.15) is 40.0 Å². The fraction of sp³-hybridized carbons (Fsp3) is 0.923. The van der Waals surface area contributed by atoms with Crippen LogP contribution in [0.4, 0.5) is 0 Å². The van der Waals surface area contributed by atoms with Crippen LogP contribution in [0.2, 0.25) is 0 Å². The van der Waals surface area contributed by atoms with E-state index in [1.54, 1.807) is 0 Å². The lowest BCUT2D eigenvalue weighted by Crippen LogP contribution is -2.64. The molecule has 0 aromatic rings. The van der Waals surface area contributed by atoms with Crippen molar-refractivity contribution in [1.29, 1.82) is 0 Å². The number of hydrogen-bond donors (Lipinski definition) is 1. The fourth-order valence-electron chi connectivity index (χ4n) is 3.28. The zero-order valence-corrected chi connectivity index (χ0v) is 11.4.